The van der Waals surface area contributed by atoms with E-state index in [1.807, 2.05) is 31.2 Å². The highest BCUT2D eigenvalue weighted by atomic mass is 16.5. The summed E-state index contributed by atoms with van der Waals surface area (Å²) in [5.74, 6) is 2.28. The standard InChI is InChI=1S/C27H45N3O2/c1-11-15-27(29(9)12-2)28-25(22(7)24-16-13-14-17-26(24)31-10)18-30(21(5)6)19-32-23(8)20(3)4/h11,13-17,20-21,23H,12,18-19H2,1-10H3/b15-11-,25-22+,28-27+. The third kappa shape index (κ3) is 8.44. The van der Waals surface area contributed by atoms with Crippen molar-refractivity contribution in [2.45, 2.75) is 67.5 Å². The number of amidine groups is 1. The molecule has 1 atom stereocenters. The quantitative estimate of drug-likeness (QED) is 0.223. The molecule has 0 bridgehead atoms. The zero-order valence-electron chi connectivity index (χ0n) is 22.0. The summed E-state index contributed by atoms with van der Waals surface area (Å²) >= 11 is 0. The third-order valence-corrected chi connectivity index (χ3v) is 5.90. The normalized spacial score (nSPS) is 14.5. The fourth-order valence-electron chi connectivity index (χ4n) is 3.02. The molecule has 5 heteroatoms. The molecule has 0 aliphatic rings. The fourth-order valence-corrected chi connectivity index (χ4v) is 3.02. The maximum Gasteiger partial charge on any atom is 0.128 e. The van der Waals surface area contributed by atoms with E-state index in [9.17, 15) is 0 Å². The van der Waals surface area contributed by atoms with E-state index >= 15 is 0 Å². The summed E-state index contributed by atoms with van der Waals surface area (Å²) in [5, 5.41) is 0. The van der Waals surface area contributed by atoms with Gasteiger partial charge in [-0.2, -0.15) is 0 Å². The Balaban J connectivity index is 3.50. The van der Waals surface area contributed by atoms with Crippen LogP contribution in [0.4, 0.5) is 0 Å². The van der Waals surface area contributed by atoms with E-state index in [4.69, 9.17) is 14.5 Å². The highest BCUT2D eigenvalue weighted by molar-refractivity contribution is 5.94. The fraction of sp³-hybridized carbons (Fsp3) is 0.593. The van der Waals surface area contributed by atoms with Gasteiger partial charge in [0.2, 0.25) is 0 Å². The van der Waals surface area contributed by atoms with Crippen LogP contribution in [0.2, 0.25) is 0 Å². The van der Waals surface area contributed by atoms with E-state index in [1.165, 1.54) is 0 Å². The Bertz CT molecular complexity index is 781. The lowest BCUT2D eigenvalue weighted by atomic mass is 10.0. The first-order valence-electron chi connectivity index (χ1n) is 11.8. The second-order valence-electron chi connectivity index (χ2n) is 8.84. The predicted octanol–water partition coefficient (Wildman–Crippen LogP) is 6.08. The number of likely N-dealkylation sites (N-methyl/N-ethyl adjacent to an activating group) is 1. The number of aliphatic imine (C=N–C) groups is 1. The lowest BCUT2D eigenvalue weighted by molar-refractivity contribution is -0.0404. The largest absolute Gasteiger partial charge is 0.496 e. The van der Waals surface area contributed by atoms with E-state index in [-0.39, 0.29) is 6.10 Å². The summed E-state index contributed by atoms with van der Waals surface area (Å²) in [4.78, 5) is 9.64. The number of nitrogens with zero attached hydrogens (tertiary/aromatic N) is 3. The molecule has 5 nitrogen and oxygen atoms in total. The Labute approximate surface area is 196 Å². The number of hydrogen-bond acceptors (Lipinski definition) is 4. The Morgan fingerprint density at radius 1 is 1.12 bits per heavy atom. The summed E-state index contributed by atoms with van der Waals surface area (Å²) in [7, 11) is 3.79. The van der Waals surface area contributed by atoms with E-state index in [1.54, 1.807) is 7.11 Å². The Morgan fingerprint density at radius 2 is 1.78 bits per heavy atom. The minimum absolute atomic E-state index is 0.201. The van der Waals surface area contributed by atoms with Gasteiger partial charge in [-0.1, -0.05) is 38.1 Å². The molecule has 0 heterocycles. The minimum atomic E-state index is 0.201. The van der Waals surface area contributed by atoms with Crippen molar-refractivity contribution in [2.24, 2.45) is 10.9 Å². The Hall–Kier alpha value is -2.11. The van der Waals surface area contributed by atoms with Gasteiger partial charge in [0.15, 0.2) is 0 Å². The van der Waals surface area contributed by atoms with Gasteiger partial charge < -0.3 is 14.4 Å². The molecule has 180 valence electrons. The molecular formula is C27H45N3O2. The lowest BCUT2D eigenvalue weighted by Crippen LogP contribution is -2.37. The molecule has 0 fully saturated rings. The number of ether oxygens (including phenoxy) is 2. The van der Waals surface area contributed by atoms with Crippen LogP contribution in [0.15, 0.2) is 47.1 Å². The highest BCUT2D eigenvalue weighted by Crippen LogP contribution is 2.29. The summed E-state index contributed by atoms with van der Waals surface area (Å²) < 4.78 is 11.8. The van der Waals surface area contributed by atoms with E-state index < -0.39 is 0 Å². The second kappa shape index (κ2) is 14.1. The zero-order valence-corrected chi connectivity index (χ0v) is 22.0. The first kappa shape index (κ1) is 27.9. The van der Waals surface area contributed by atoms with Crippen molar-refractivity contribution in [3.8, 4) is 5.75 Å². The van der Waals surface area contributed by atoms with Crippen LogP contribution in [0.3, 0.4) is 0 Å². The maximum absolute atomic E-state index is 6.18. The molecule has 1 aromatic rings. The van der Waals surface area contributed by atoms with E-state index in [0.717, 1.165) is 35.0 Å². The van der Waals surface area contributed by atoms with Crippen molar-refractivity contribution in [3.63, 3.8) is 0 Å². The number of allylic oxidation sites excluding steroid dienone is 2. The molecule has 0 aromatic heterocycles. The smallest absolute Gasteiger partial charge is 0.128 e. The van der Waals surface area contributed by atoms with Crippen molar-refractivity contribution >= 4 is 11.4 Å². The predicted molar refractivity (Wildman–Crippen MR) is 138 cm³/mol. The van der Waals surface area contributed by atoms with Crippen LogP contribution in [0, 0.1) is 5.92 Å². The lowest BCUT2D eigenvalue weighted by Gasteiger charge is -2.30. The number of rotatable bonds is 12. The van der Waals surface area contributed by atoms with Crippen molar-refractivity contribution in [1.29, 1.82) is 0 Å². The van der Waals surface area contributed by atoms with Crippen LogP contribution in [0.25, 0.3) is 5.57 Å². The molecule has 0 aliphatic carbocycles. The number of methoxy groups -OCH3 is 1. The molecule has 1 rings (SSSR count). The minimum Gasteiger partial charge on any atom is -0.496 e. The van der Waals surface area contributed by atoms with Crippen molar-refractivity contribution in [2.75, 3.05) is 34.0 Å². The number of hydrogen-bond donors (Lipinski definition) is 0. The molecule has 0 saturated carbocycles. The molecule has 0 aliphatic heterocycles. The zero-order chi connectivity index (χ0) is 24.3. The van der Waals surface area contributed by atoms with Crippen LogP contribution in [0.1, 0.15) is 61.0 Å². The average Bonchev–Trinajstić information content (AvgIpc) is 2.78. The average molecular weight is 444 g/mol. The monoisotopic (exact) mass is 443 g/mol. The van der Waals surface area contributed by atoms with Crippen molar-refractivity contribution in [3.05, 3.63) is 47.7 Å². The topological polar surface area (TPSA) is 37.3 Å². The van der Waals surface area contributed by atoms with E-state index in [0.29, 0.717) is 25.2 Å². The molecule has 32 heavy (non-hydrogen) atoms. The van der Waals surface area contributed by atoms with Gasteiger partial charge >= 0.3 is 0 Å². The van der Waals surface area contributed by atoms with Crippen LogP contribution in [-0.4, -0.2) is 61.8 Å². The molecule has 1 unspecified atom stereocenters. The summed E-state index contributed by atoms with van der Waals surface area (Å²) in [6, 6.07) is 8.45. The van der Waals surface area contributed by atoms with Crippen molar-refractivity contribution in [1.82, 2.24) is 9.80 Å². The summed E-state index contributed by atoms with van der Waals surface area (Å²) in [5.41, 5.74) is 3.18. The first-order chi connectivity index (χ1) is 15.2. The van der Waals surface area contributed by atoms with Crippen molar-refractivity contribution < 1.29 is 9.47 Å². The Morgan fingerprint density at radius 3 is 2.31 bits per heavy atom. The second-order valence-corrected chi connectivity index (χ2v) is 8.84. The molecule has 0 spiro atoms. The van der Waals surface area contributed by atoms with E-state index in [2.05, 4.69) is 77.5 Å². The summed E-state index contributed by atoms with van der Waals surface area (Å²) in [6.07, 6.45) is 4.30. The first-order valence-corrected chi connectivity index (χ1v) is 11.8. The SMILES string of the molecule is C\C=C/C(=N\C(CN(COC(C)C(C)C)C(C)C)=C(/C)c1ccccc1OC)N(C)CC. The van der Waals surface area contributed by atoms with Gasteiger partial charge in [-0.05, 0) is 65.2 Å². The highest BCUT2D eigenvalue weighted by Gasteiger charge is 2.18. The summed E-state index contributed by atoms with van der Waals surface area (Å²) in [6.45, 7) is 19.3. The van der Waals surface area contributed by atoms with Crippen LogP contribution < -0.4 is 4.74 Å². The van der Waals surface area contributed by atoms with Gasteiger partial charge in [0.1, 0.15) is 11.6 Å². The molecule has 0 amide bonds. The maximum atomic E-state index is 6.18. The van der Waals surface area contributed by atoms with Crippen LogP contribution in [0.5, 0.6) is 5.75 Å². The number of para-hydroxylation sites is 1. The number of benzene rings is 1. The van der Waals surface area contributed by atoms with Gasteiger partial charge in [0, 0.05) is 31.7 Å². The molecular weight excluding hydrogens is 398 g/mol. The molecule has 0 saturated heterocycles. The third-order valence-electron chi connectivity index (χ3n) is 5.90. The van der Waals surface area contributed by atoms with Gasteiger partial charge in [-0.15, -0.1) is 0 Å². The molecule has 1 aromatic carbocycles. The van der Waals surface area contributed by atoms with Crippen LogP contribution >= 0.6 is 0 Å². The van der Waals surface area contributed by atoms with Gasteiger partial charge in [-0.3, -0.25) is 4.90 Å². The van der Waals surface area contributed by atoms with Gasteiger partial charge in [0.25, 0.3) is 0 Å². The van der Waals surface area contributed by atoms with Gasteiger partial charge in [-0.25, -0.2) is 4.99 Å². The Kier molecular flexibility index (Phi) is 12.3. The molecule has 0 N–H and O–H groups in total. The van der Waals surface area contributed by atoms with Crippen LogP contribution in [-0.2, 0) is 4.74 Å². The molecule has 0 radical (unpaired) electrons. The van der Waals surface area contributed by atoms with Gasteiger partial charge in [0.05, 0.1) is 25.6 Å².